The summed E-state index contributed by atoms with van der Waals surface area (Å²) < 4.78 is 0. The molecule has 0 aliphatic carbocycles. The Labute approximate surface area is 202 Å². The zero-order chi connectivity index (χ0) is 22.6. The molecule has 0 atom stereocenters. The lowest BCUT2D eigenvalue weighted by atomic mass is 10.1. The van der Waals surface area contributed by atoms with Crippen molar-refractivity contribution in [2.24, 2.45) is 0 Å². The number of rotatable bonds is 13. The number of unbranched alkanes of at least 4 members (excludes halogenated alkanes) is 2. The smallest absolute Gasteiger partial charge is 0.166 e. The lowest BCUT2D eigenvalue weighted by Gasteiger charge is -2.05. The van der Waals surface area contributed by atoms with Crippen LogP contribution in [0.1, 0.15) is 31.2 Å². The molecule has 33 heavy (non-hydrogen) atoms. The first-order valence-electron chi connectivity index (χ1n) is 12.0. The SMILES string of the molecule is c1ccc(CCCNCCCCCSc2nc(-c3ccccc3)c(-c3ccccc3)[nH]2)cc1. The van der Waals surface area contributed by atoms with Gasteiger partial charge >= 0.3 is 0 Å². The van der Waals surface area contributed by atoms with Crippen LogP contribution in [-0.4, -0.2) is 28.8 Å². The summed E-state index contributed by atoms with van der Waals surface area (Å²) in [5, 5.41) is 4.59. The summed E-state index contributed by atoms with van der Waals surface area (Å²) >= 11 is 1.83. The minimum Gasteiger partial charge on any atom is -0.332 e. The molecule has 0 aliphatic rings. The van der Waals surface area contributed by atoms with Crippen molar-refractivity contribution in [2.45, 2.75) is 37.3 Å². The largest absolute Gasteiger partial charge is 0.332 e. The van der Waals surface area contributed by atoms with Crippen molar-refractivity contribution in [1.29, 1.82) is 0 Å². The van der Waals surface area contributed by atoms with Gasteiger partial charge in [-0.2, -0.15) is 0 Å². The molecule has 1 aromatic heterocycles. The Morgan fingerprint density at radius 2 is 1.30 bits per heavy atom. The zero-order valence-electron chi connectivity index (χ0n) is 19.2. The Hall–Kier alpha value is -2.82. The number of thioether (sulfide) groups is 1. The highest BCUT2D eigenvalue weighted by Crippen LogP contribution is 2.32. The fourth-order valence-electron chi connectivity index (χ4n) is 3.92. The second-order valence-corrected chi connectivity index (χ2v) is 9.33. The van der Waals surface area contributed by atoms with Gasteiger partial charge in [0.05, 0.1) is 11.4 Å². The lowest BCUT2D eigenvalue weighted by Crippen LogP contribution is -2.17. The molecule has 0 unspecified atom stereocenters. The van der Waals surface area contributed by atoms with Crippen molar-refractivity contribution in [3.8, 4) is 22.5 Å². The van der Waals surface area contributed by atoms with Gasteiger partial charge in [0.15, 0.2) is 5.16 Å². The maximum Gasteiger partial charge on any atom is 0.166 e. The van der Waals surface area contributed by atoms with Gasteiger partial charge in [0.25, 0.3) is 0 Å². The molecular formula is C29H33N3S. The molecule has 0 aliphatic heterocycles. The summed E-state index contributed by atoms with van der Waals surface area (Å²) in [6.45, 7) is 2.21. The van der Waals surface area contributed by atoms with Crippen LogP contribution in [0.4, 0.5) is 0 Å². The van der Waals surface area contributed by atoms with Crippen LogP contribution < -0.4 is 5.32 Å². The number of hydrogen-bond acceptors (Lipinski definition) is 3. The van der Waals surface area contributed by atoms with E-state index in [2.05, 4.69) is 95.2 Å². The van der Waals surface area contributed by atoms with Crippen molar-refractivity contribution in [3.05, 3.63) is 96.6 Å². The van der Waals surface area contributed by atoms with Gasteiger partial charge in [-0.1, -0.05) is 109 Å². The Morgan fingerprint density at radius 3 is 2.03 bits per heavy atom. The van der Waals surface area contributed by atoms with Crippen LogP contribution >= 0.6 is 11.8 Å². The van der Waals surface area contributed by atoms with Gasteiger partial charge in [-0.15, -0.1) is 0 Å². The van der Waals surface area contributed by atoms with Crippen LogP contribution in [0.2, 0.25) is 0 Å². The molecule has 170 valence electrons. The van der Waals surface area contributed by atoms with Crippen molar-refractivity contribution >= 4 is 11.8 Å². The summed E-state index contributed by atoms with van der Waals surface area (Å²) in [4.78, 5) is 8.52. The third kappa shape index (κ3) is 7.34. The third-order valence-corrected chi connectivity index (χ3v) is 6.65. The van der Waals surface area contributed by atoms with E-state index >= 15 is 0 Å². The van der Waals surface area contributed by atoms with E-state index in [0.29, 0.717) is 0 Å². The second-order valence-electron chi connectivity index (χ2n) is 8.25. The Bertz CT molecular complexity index is 1000. The number of nitrogens with one attached hydrogen (secondary N) is 2. The van der Waals surface area contributed by atoms with Crippen molar-refractivity contribution in [3.63, 3.8) is 0 Å². The molecule has 3 nitrogen and oxygen atoms in total. The average Bonchev–Trinajstić information content (AvgIpc) is 3.31. The van der Waals surface area contributed by atoms with Gasteiger partial charge in [-0.25, -0.2) is 4.98 Å². The van der Waals surface area contributed by atoms with Crippen LogP contribution in [0, 0.1) is 0 Å². The molecule has 0 bridgehead atoms. The average molecular weight is 456 g/mol. The van der Waals surface area contributed by atoms with Crippen molar-refractivity contribution in [1.82, 2.24) is 15.3 Å². The highest BCUT2D eigenvalue weighted by molar-refractivity contribution is 7.99. The molecule has 1 heterocycles. The summed E-state index contributed by atoms with van der Waals surface area (Å²) in [6.07, 6.45) is 6.04. The molecule has 2 N–H and O–H groups in total. The van der Waals surface area contributed by atoms with Crippen LogP contribution in [-0.2, 0) is 6.42 Å². The van der Waals surface area contributed by atoms with Gasteiger partial charge in [-0.05, 0) is 44.3 Å². The van der Waals surface area contributed by atoms with E-state index in [1.807, 2.05) is 17.8 Å². The lowest BCUT2D eigenvalue weighted by molar-refractivity contribution is 0.600. The van der Waals surface area contributed by atoms with Crippen LogP contribution in [0.25, 0.3) is 22.5 Å². The van der Waals surface area contributed by atoms with Gasteiger partial charge in [0.1, 0.15) is 0 Å². The minimum absolute atomic E-state index is 1.01. The first-order valence-corrected chi connectivity index (χ1v) is 13.0. The molecule has 0 saturated carbocycles. The van der Waals surface area contributed by atoms with Crippen molar-refractivity contribution in [2.75, 3.05) is 18.8 Å². The number of hydrogen-bond donors (Lipinski definition) is 2. The number of aromatic nitrogens is 2. The van der Waals surface area contributed by atoms with E-state index < -0.39 is 0 Å². The second kappa shape index (κ2) is 13.0. The molecule has 0 fully saturated rings. The van der Waals surface area contributed by atoms with Gasteiger partial charge in [0, 0.05) is 16.9 Å². The maximum absolute atomic E-state index is 4.94. The number of imidazole rings is 1. The van der Waals surface area contributed by atoms with E-state index in [1.54, 1.807) is 0 Å². The number of benzene rings is 3. The number of aryl methyl sites for hydroxylation is 1. The molecule has 3 aromatic carbocycles. The van der Waals surface area contributed by atoms with Crippen LogP contribution in [0.15, 0.2) is 96.2 Å². The normalized spacial score (nSPS) is 11.0. The molecule has 0 amide bonds. The maximum atomic E-state index is 4.94. The molecule has 0 radical (unpaired) electrons. The molecule has 4 rings (SSSR count). The van der Waals surface area contributed by atoms with E-state index in [9.17, 15) is 0 Å². The van der Waals surface area contributed by atoms with E-state index in [4.69, 9.17) is 4.98 Å². The molecular weight excluding hydrogens is 422 g/mol. The molecule has 4 aromatic rings. The first kappa shape index (κ1) is 23.3. The summed E-state index contributed by atoms with van der Waals surface area (Å²) in [6, 6.07) is 31.7. The highest BCUT2D eigenvalue weighted by Gasteiger charge is 2.14. The first-order chi connectivity index (χ1) is 16.4. The third-order valence-electron chi connectivity index (χ3n) is 5.69. The summed E-state index contributed by atoms with van der Waals surface area (Å²) in [7, 11) is 0. The van der Waals surface area contributed by atoms with Crippen LogP contribution in [0.5, 0.6) is 0 Å². The highest BCUT2D eigenvalue weighted by atomic mass is 32.2. The quantitative estimate of drug-likeness (QED) is 0.165. The summed E-state index contributed by atoms with van der Waals surface area (Å²) in [5.74, 6) is 1.09. The van der Waals surface area contributed by atoms with Crippen molar-refractivity contribution < 1.29 is 0 Å². The number of nitrogens with zero attached hydrogens (tertiary/aromatic N) is 1. The Balaban J connectivity index is 1.18. The van der Waals surface area contributed by atoms with E-state index in [0.717, 1.165) is 47.4 Å². The number of aromatic amines is 1. The van der Waals surface area contributed by atoms with E-state index in [-0.39, 0.29) is 0 Å². The summed E-state index contributed by atoms with van der Waals surface area (Å²) in [5.41, 5.74) is 5.89. The molecule has 0 spiro atoms. The monoisotopic (exact) mass is 455 g/mol. The van der Waals surface area contributed by atoms with Gasteiger partial charge in [-0.3, -0.25) is 0 Å². The topological polar surface area (TPSA) is 40.7 Å². The van der Waals surface area contributed by atoms with Gasteiger partial charge < -0.3 is 10.3 Å². The van der Waals surface area contributed by atoms with Crippen LogP contribution in [0.3, 0.4) is 0 Å². The molecule has 0 saturated heterocycles. The predicted molar refractivity (Wildman–Crippen MR) is 142 cm³/mol. The zero-order valence-corrected chi connectivity index (χ0v) is 20.0. The fraction of sp³-hybridized carbons (Fsp3) is 0.276. The minimum atomic E-state index is 1.01. The molecule has 4 heteroatoms. The Kier molecular flexibility index (Phi) is 9.21. The Morgan fingerprint density at radius 1 is 0.667 bits per heavy atom. The standard InChI is InChI=1S/C29H33N3S/c1-5-14-24(15-6-1)16-13-22-30-21-11-4-12-23-33-29-31-27(25-17-7-2-8-18-25)28(32-29)26-19-9-3-10-20-26/h1-3,5-10,14-15,17-20,30H,4,11-13,16,21-23H2,(H,31,32). The van der Waals surface area contributed by atoms with Gasteiger partial charge in [0.2, 0.25) is 0 Å². The fourth-order valence-corrected chi connectivity index (χ4v) is 4.80. The van der Waals surface area contributed by atoms with E-state index in [1.165, 1.54) is 36.8 Å². The number of H-pyrrole nitrogens is 1. The predicted octanol–water partition coefficient (Wildman–Crippen LogP) is 7.23.